The Morgan fingerprint density at radius 2 is 1.61 bits per heavy atom. The van der Waals surface area contributed by atoms with E-state index >= 15 is 0 Å². The smallest absolute Gasteiger partial charge is 0.407 e. The molecule has 0 radical (unpaired) electrons. The van der Waals surface area contributed by atoms with Gasteiger partial charge in [-0.05, 0) is 35.6 Å². The van der Waals surface area contributed by atoms with Crippen molar-refractivity contribution >= 4 is 18.0 Å². The zero-order valence-electron chi connectivity index (χ0n) is 18.0. The van der Waals surface area contributed by atoms with Gasteiger partial charge in [0, 0.05) is 13.0 Å². The second-order valence-corrected chi connectivity index (χ2v) is 7.77. The van der Waals surface area contributed by atoms with E-state index in [-0.39, 0.29) is 12.5 Å². The van der Waals surface area contributed by atoms with E-state index in [1.165, 1.54) is 14.0 Å². The van der Waals surface area contributed by atoms with E-state index in [2.05, 4.69) is 17.4 Å². The fraction of sp³-hybridized carbons (Fsp3) is 0.375. The minimum Gasteiger partial charge on any atom is -0.480 e. The van der Waals surface area contributed by atoms with Crippen LogP contribution in [0.5, 0.6) is 0 Å². The van der Waals surface area contributed by atoms with Gasteiger partial charge in [0.05, 0.1) is 0 Å². The number of nitrogens with zero attached hydrogens (tertiary/aromatic N) is 1. The van der Waals surface area contributed by atoms with Gasteiger partial charge in [0.25, 0.3) is 0 Å². The fourth-order valence-corrected chi connectivity index (χ4v) is 3.93. The van der Waals surface area contributed by atoms with E-state index in [1.54, 1.807) is 0 Å². The predicted octanol–water partition coefficient (Wildman–Crippen LogP) is 3.63. The molecule has 0 spiro atoms. The third-order valence-electron chi connectivity index (χ3n) is 5.80. The number of carboxylic acid groups (broad SMARTS) is 1. The second-order valence-electron chi connectivity index (χ2n) is 7.77. The minimum absolute atomic E-state index is 0.0758. The fourth-order valence-electron chi connectivity index (χ4n) is 3.93. The summed E-state index contributed by atoms with van der Waals surface area (Å²) in [6.45, 7) is 3.46. The first-order valence-corrected chi connectivity index (χ1v) is 10.5. The number of alkyl carbamates (subject to hydrolysis) is 1. The molecule has 164 valence electrons. The van der Waals surface area contributed by atoms with Gasteiger partial charge in [0.2, 0.25) is 5.91 Å². The molecular formula is C24H28N2O5. The van der Waals surface area contributed by atoms with Crippen molar-refractivity contribution in [3.8, 4) is 11.1 Å². The summed E-state index contributed by atoms with van der Waals surface area (Å²) in [6.07, 6.45) is 0.347. The monoisotopic (exact) mass is 424 g/mol. The van der Waals surface area contributed by atoms with Crippen molar-refractivity contribution in [3.63, 3.8) is 0 Å². The highest BCUT2D eigenvalue weighted by Gasteiger charge is 2.31. The summed E-state index contributed by atoms with van der Waals surface area (Å²) >= 11 is 0. The normalized spacial score (nSPS) is 14.2. The lowest BCUT2D eigenvalue weighted by atomic mass is 9.98. The van der Waals surface area contributed by atoms with Crippen molar-refractivity contribution in [3.05, 3.63) is 59.7 Å². The Bertz CT molecular complexity index is 928. The Morgan fingerprint density at radius 3 is 2.13 bits per heavy atom. The van der Waals surface area contributed by atoms with Gasteiger partial charge in [-0.1, -0.05) is 61.9 Å². The van der Waals surface area contributed by atoms with Gasteiger partial charge in [0.15, 0.2) is 0 Å². The van der Waals surface area contributed by atoms with Crippen LogP contribution in [0.1, 0.15) is 43.7 Å². The van der Waals surface area contributed by atoms with E-state index in [0.717, 1.165) is 27.2 Å². The van der Waals surface area contributed by atoms with E-state index in [4.69, 9.17) is 9.84 Å². The number of ether oxygens (including phenoxy) is 1. The highest BCUT2D eigenvalue weighted by Crippen LogP contribution is 2.44. The molecule has 1 aliphatic carbocycles. The number of hydrogen-bond acceptors (Lipinski definition) is 4. The number of benzene rings is 2. The van der Waals surface area contributed by atoms with Crippen LogP contribution in [0.4, 0.5) is 4.79 Å². The lowest BCUT2D eigenvalue weighted by Crippen LogP contribution is -2.51. The van der Waals surface area contributed by atoms with Gasteiger partial charge in [-0.3, -0.25) is 4.79 Å². The van der Waals surface area contributed by atoms with E-state index < -0.39 is 30.1 Å². The molecule has 3 rings (SSSR count). The zero-order chi connectivity index (χ0) is 22.5. The lowest BCUT2D eigenvalue weighted by molar-refractivity contribution is -0.149. The number of carbonyl (C=O) groups excluding carboxylic acids is 2. The molecule has 31 heavy (non-hydrogen) atoms. The average Bonchev–Trinajstić information content (AvgIpc) is 3.09. The molecule has 2 aromatic rings. The number of hydrogen-bond donors (Lipinski definition) is 2. The Labute approximate surface area is 182 Å². The summed E-state index contributed by atoms with van der Waals surface area (Å²) in [6, 6.07) is 14.3. The van der Waals surface area contributed by atoms with Gasteiger partial charge >= 0.3 is 12.1 Å². The number of likely N-dealkylation sites (N-methyl/N-ethyl adjacent to an activating group) is 1. The van der Waals surface area contributed by atoms with E-state index in [1.807, 2.05) is 43.3 Å². The first kappa shape index (κ1) is 22.3. The van der Waals surface area contributed by atoms with Crippen LogP contribution in [-0.4, -0.2) is 53.7 Å². The largest absolute Gasteiger partial charge is 0.480 e. The molecule has 0 saturated heterocycles. The van der Waals surface area contributed by atoms with Gasteiger partial charge in [0.1, 0.15) is 18.7 Å². The van der Waals surface area contributed by atoms with Crippen LogP contribution in [0.2, 0.25) is 0 Å². The molecule has 0 heterocycles. The molecule has 0 unspecified atom stereocenters. The molecular weight excluding hydrogens is 396 g/mol. The SMILES string of the molecule is CCC[C@@H](NC(=O)OCC1c2ccccc2-c2ccccc21)C(=O)N(C)[C@@H](C)C(=O)O. The maximum absolute atomic E-state index is 12.7. The number of carboxylic acids is 1. The topological polar surface area (TPSA) is 95.9 Å². The van der Waals surface area contributed by atoms with Crippen LogP contribution in [0.3, 0.4) is 0 Å². The van der Waals surface area contributed by atoms with Crippen molar-refractivity contribution in [2.45, 2.75) is 44.7 Å². The number of amides is 2. The molecule has 7 heteroatoms. The number of aliphatic carboxylic acids is 1. The van der Waals surface area contributed by atoms with E-state index in [0.29, 0.717) is 12.8 Å². The second kappa shape index (κ2) is 9.64. The zero-order valence-corrected chi connectivity index (χ0v) is 18.0. The minimum atomic E-state index is -1.10. The molecule has 0 fully saturated rings. The van der Waals surface area contributed by atoms with Crippen LogP contribution in [0.15, 0.2) is 48.5 Å². The van der Waals surface area contributed by atoms with Gasteiger partial charge < -0.3 is 20.1 Å². The Morgan fingerprint density at radius 1 is 1.06 bits per heavy atom. The van der Waals surface area contributed by atoms with Crippen LogP contribution >= 0.6 is 0 Å². The lowest BCUT2D eigenvalue weighted by Gasteiger charge is -2.27. The highest BCUT2D eigenvalue weighted by atomic mass is 16.5. The maximum Gasteiger partial charge on any atom is 0.407 e. The summed E-state index contributed by atoms with van der Waals surface area (Å²) in [5, 5.41) is 11.8. The summed E-state index contributed by atoms with van der Waals surface area (Å²) < 4.78 is 5.52. The van der Waals surface area contributed by atoms with Crippen LogP contribution in [0, 0.1) is 0 Å². The molecule has 2 atom stereocenters. The van der Waals surface area contributed by atoms with Crippen molar-refractivity contribution < 1.29 is 24.2 Å². The van der Waals surface area contributed by atoms with Crippen LogP contribution < -0.4 is 5.32 Å². The number of fused-ring (bicyclic) bond motifs is 3. The quantitative estimate of drug-likeness (QED) is 0.675. The predicted molar refractivity (Wildman–Crippen MR) is 117 cm³/mol. The van der Waals surface area contributed by atoms with Crippen LogP contribution in [0.25, 0.3) is 11.1 Å². The third kappa shape index (κ3) is 4.71. The highest BCUT2D eigenvalue weighted by molar-refractivity contribution is 5.89. The van der Waals surface area contributed by atoms with Crippen LogP contribution in [-0.2, 0) is 14.3 Å². The summed E-state index contributed by atoms with van der Waals surface area (Å²) in [5.74, 6) is -1.63. The molecule has 7 nitrogen and oxygen atoms in total. The first-order valence-electron chi connectivity index (χ1n) is 10.5. The van der Waals surface area contributed by atoms with Crippen molar-refractivity contribution in [2.24, 2.45) is 0 Å². The number of carbonyl (C=O) groups is 3. The molecule has 0 aromatic heterocycles. The van der Waals surface area contributed by atoms with Gasteiger partial charge in [-0.25, -0.2) is 9.59 Å². The Balaban J connectivity index is 1.67. The Hall–Kier alpha value is -3.35. The third-order valence-corrected chi connectivity index (χ3v) is 5.80. The molecule has 2 aromatic carbocycles. The maximum atomic E-state index is 12.7. The summed E-state index contributed by atoms with van der Waals surface area (Å²) in [5.41, 5.74) is 4.48. The van der Waals surface area contributed by atoms with Crippen molar-refractivity contribution in [1.29, 1.82) is 0 Å². The van der Waals surface area contributed by atoms with Gasteiger partial charge in [-0.15, -0.1) is 0 Å². The molecule has 1 aliphatic rings. The average molecular weight is 424 g/mol. The molecule has 0 aliphatic heterocycles. The molecule has 2 amide bonds. The standard InChI is InChI=1S/C24H28N2O5/c1-4-9-21(22(27)26(3)15(2)23(28)29)25-24(30)31-14-20-18-12-7-5-10-16(18)17-11-6-8-13-19(17)20/h5-8,10-13,15,20-21H,4,9,14H2,1-3H3,(H,25,30)(H,28,29)/t15-,21+/m0/s1. The molecule has 0 saturated carbocycles. The molecule has 2 N–H and O–H groups in total. The summed E-state index contributed by atoms with van der Waals surface area (Å²) in [7, 11) is 1.42. The number of nitrogens with one attached hydrogen (secondary N) is 1. The van der Waals surface area contributed by atoms with Gasteiger partial charge in [-0.2, -0.15) is 0 Å². The van der Waals surface area contributed by atoms with Crippen molar-refractivity contribution in [1.82, 2.24) is 10.2 Å². The number of rotatable bonds is 8. The van der Waals surface area contributed by atoms with E-state index in [9.17, 15) is 14.4 Å². The molecule has 0 bridgehead atoms. The van der Waals surface area contributed by atoms with Crippen molar-refractivity contribution in [2.75, 3.05) is 13.7 Å². The first-order chi connectivity index (χ1) is 14.8. The Kier molecular flexibility index (Phi) is 6.95. The summed E-state index contributed by atoms with van der Waals surface area (Å²) in [4.78, 5) is 37.5.